The smallest absolute Gasteiger partial charge is 0.334 e. The van der Waals surface area contributed by atoms with Gasteiger partial charge in [-0.05, 0) is 35.8 Å². The summed E-state index contributed by atoms with van der Waals surface area (Å²) < 4.78 is 20.8. The SMILES string of the molecule is COC(=O)C(CCC(NC(C)=O)C(=O)Oc1c(C(C)(C)C)cc(OC)cc1C(C)(C)C)C(=O)OC. The monoisotopic (exact) mass is 493 g/mol. The van der Waals surface area contributed by atoms with Crippen LogP contribution >= 0.6 is 0 Å². The second-order valence-electron chi connectivity index (χ2n) is 10.4. The summed E-state index contributed by atoms with van der Waals surface area (Å²) in [5.41, 5.74) is 0.737. The molecule has 1 aromatic rings. The van der Waals surface area contributed by atoms with Gasteiger partial charge < -0.3 is 24.3 Å². The fraction of sp³-hybridized carbons (Fsp3) is 0.615. The van der Waals surface area contributed by atoms with Crippen molar-refractivity contribution in [2.45, 2.75) is 78.2 Å². The number of benzene rings is 1. The molecule has 0 saturated heterocycles. The molecule has 1 unspecified atom stereocenters. The van der Waals surface area contributed by atoms with E-state index in [-0.39, 0.29) is 12.8 Å². The quantitative estimate of drug-likeness (QED) is 0.316. The zero-order chi connectivity index (χ0) is 27.1. The highest BCUT2D eigenvalue weighted by Gasteiger charge is 2.34. The molecule has 0 aliphatic rings. The van der Waals surface area contributed by atoms with Gasteiger partial charge in [-0.1, -0.05) is 41.5 Å². The second kappa shape index (κ2) is 12.0. The number of hydrogen-bond acceptors (Lipinski definition) is 8. The van der Waals surface area contributed by atoms with E-state index in [2.05, 4.69) is 14.8 Å². The first-order valence-corrected chi connectivity index (χ1v) is 11.4. The summed E-state index contributed by atoms with van der Waals surface area (Å²) in [5, 5.41) is 2.57. The minimum Gasteiger partial charge on any atom is -0.497 e. The van der Waals surface area contributed by atoms with Gasteiger partial charge >= 0.3 is 17.9 Å². The number of amides is 1. The van der Waals surface area contributed by atoms with E-state index in [1.807, 2.05) is 53.7 Å². The first kappa shape index (κ1) is 29.9. The lowest BCUT2D eigenvalue weighted by atomic mass is 9.79. The van der Waals surface area contributed by atoms with Gasteiger partial charge in [-0.15, -0.1) is 0 Å². The van der Waals surface area contributed by atoms with E-state index in [9.17, 15) is 19.2 Å². The van der Waals surface area contributed by atoms with Gasteiger partial charge in [0.15, 0.2) is 5.92 Å². The van der Waals surface area contributed by atoms with Crippen LogP contribution in [0.1, 0.15) is 72.4 Å². The Bertz CT molecular complexity index is 889. The van der Waals surface area contributed by atoms with Crippen LogP contribution in [0.25, 0.3) is 0 Å². The maximum Gasteiger partial charge on any atom is 0.334 e. The van der Waals surface area contributed by atoms with Crippen LogP contribution in [-0.2, 0) is 39.5 Å². The molecule has 0 aliphatic heterocycles. The standard InChI is InChI=1S/C26H39NO8/c1-15(28)27-20(12-11-17(22(29)33-9)23(30)34-10)24(31)35-21-18(25(2,3)4)13-16(32-8)14-19(21)26(5,6)7/h13-14,17,20H,11-12H2,1-10H3,(H,27,28). The molecule has 1 N–H and O–H groups in total. The lowest BCUT2D eigenvalue weighted by Crippen LogP contribution is -2.43. The summed E-state index contributed by atoms with van der Waals surface area (Å²) in [5.74, 6) is -2.94. The van der Waals surface area contributed by atoms with Gasteiger partial charge in [-0.25, -0.2) is 4.79 Å². The molecule has 1 aromatic carbocycles. The number of hydrogen-bond donors (Lipinski definition) is 1. The Kier molecular flexibility index (Phi) is 10.3. The van der Waals surface area contributed by atoms with Gasteiger partial charge in [0, 0.05) is 18.1 Å². The van der Waals surface area contributed by atoms with Crippen molar-refractivity contribution in [3.63, 3.8) is 0 Å². The summed E-state index contributed by atoms with van der Waals surface area (Å²) in [7, 11) is 3.89. The van der Waals surface area contributed by atoms with Crippen molar-refractivity contribution in [3.8, 4) is 11.5 Å². The molecule has 9 heteroatoms. The third-order valence-corrected chi connectivity index (χ3v) is 5.49. The highest BCUT2D eigenvalue weighted by atomic mass is 16.5. The first-order chi connectivity index (χ1) is 16.1. The summed E-state index contributed by atoms with van der Waals surface area (Å²) >= 11 is 0. The normalized spacial score (nSPS) is 12.5. The largest absolute Gasteiger partial charge is 0.497 e. The maximum atomic E-state index is 13.4. The molecule has 196 valence electrons. The fourth-order valence-electron chi connectivity index (χ4n) is 3.56. The Morgan fingerprint density at radius 3 is 1.60 bits per heavy atom. The van der Waals surface area contributed by atoms with Crippen LogP contribution in [-0.4, -0.2) is 51.2 Å². The van der Waals surface area contributed by atoms with Crippen molar-refractivity contribution in [1.82, 2.24) is 5.32 Å². The molecule has 9 nitrogen and oxygen atoms in total. The van der Waals surface area contributed by atoms with Crippen LogP contribution in [0.4, 0.5) is 0 Å². The van der Waals surface area contributed by atoms with Crippen molar-refractivity contribution in [3.05, 3.63) is 23.3 Å². The van der Waals surface area contributed by atoms with Gasteiger partial charge in [0.25, 0.3) is 0 Å². The number of ether oxygens (including phenoxy) is 4. The van der Waals surface area contributed by atoms with Gasteiger partial charge in [-0.3, -0.25) is 14.4 Å². The van der Waals surface area contributed by atoms with Crippen molar-refractivity contribution >= 4 is 23.8 Å². The predicted octanol–water partition coefficient (Wildman–Crippen LogP) is 3.44. The molecule has 0 heterocycles. The molecule has 0 radical (unpaired) electrons. The maximum absolute atomic E-state index is 13.4. The number of carbonyl (C=O) groups excluding carboxylic acids is 4. The summed E-state index contributed by atoms with van der Waals surface area (Å²) in [4.78, 5) is 49.3. The van der Waals surface area contributed by atoms with Crippen molar-refractivity contribution < 1.29 is 38.1 Å². The number of rotatable bonds is 9. The third kappa shape index (κ3) is 8.26. The molecule has 0 saturated carbocycles. The van der Waals surface area contributed by atoms with Crippen LogP contribution in [0, 0.1) is 5.92 Å². The highest BCUT2D eigenvalue weighted by molar-refractivity contribution is 5.95. The van der Waals surface area contributed by atoms with Crippen LogP contribution < -0.4 is 14.8 Å². The Balaban J connectivity index is 3.44. The molecule has 35 heavy (non-hydrogen) atoms. The number of methoxy groups -OCH3 is 3. The molecule has 0 fully saturated rings. The zero-order valence-electron chi connectivity index (χ0n) is 22.5. The molecule has 0 aromatic heterocycles. The third-order valence-electron chi connectivity index (χ3n) is 5.49. The summed E-state index contributed by atoms with van der Waals surface area (Å²) in [6.45, 7) is 13.2. The van der Waals surface area contributed by atoms with Gasteiger partial charge in [-0.2, -0.15) is 0 Å². The molecule has 0 spiro atoms. The summed E-state index contributed by atoms with van der Waals surface area (Å²) in [6.07, 6.45) is -0.126. The van der Waals surface area contributed by atoms with Crippen molar-refractivity contribution in [1.29, 1.82) is 0 Å². The molecule has 1 atom stereocenters. The van der Waals surface area contributed by atoms with E-state index in [1.54, 1.807) is 7.11 Å². The van der Waals surface area contributed by atoms with Gasteiger partial charge in [0.05, 0.1) is 21.3 Å². The lowest BCUT2D eigenvalue weighted by Gasteiger charge is -2.30. The minimum atomic E-state index is -1.23. The van der Waals surface area contributed by atoms with Crippen molar-refractivity contribution in [2.24, 2.45) is 5.92 Å². The first-order valence-electron chi connectivity index (χ1n) is 11.4. The minimum absolute atomic E-state index is 0.0425. The van der Waals surface area contributed by atoms with Crippen LogP contribution in [0.2, 0.25) is 0 Å². The van der Waals surface area contributed by atoms with Gasteiger partial charge in [0.2, 0.25) is 5.91 Å². The van der Waals surface area contributed by atoms with Crippen LogP contribution in [0.5, 0.6) is 11.5 Å². The van der Waals surface area contributed by atoms with Gasteiger partial charge in [0.1, 0.15) is 17.5 Å². The van der Waals surface area contributed by atoms with E-state index >= 15 is 0 Å². The van der Waals surface area contributed by atoms with Crippen LogP contribution in [0.3, 0.4) is 0 Å². The number of carbonyl (C=O) groups is 4. The Morgan fingerprint density at radius 2 is 1.26 bits per heavy atom. The predicted molar refractivity (Wildman–Crippen MR) is 130 cm³/mol. The average molecular weight is 494 g/mol. The Morgan fingerprint density at radius 1 is 0.800 bits per heavy atom. The van der Waals surface area contributed by atoms with Crippen molar-refractivity contribution in [2.75, 3.05) is 21.3 Å². The van der Waals surface area contributed by atoms with E-state index in [4.69, 9.17) is 9.47 Å². The fourth-order valence-corrected chi connectivity index (χ4v) is 3.56. The molecule has 0 bridgehead atoms. The second-order valence-corrected chi connectivity index (χ2v) is 10.4. The average Bonchev–Trinajstić information content (AvgIpc) is 2.75. The highest BCUT2D eigenvalue weighted by Crippen LogP contribution is 2.42. The molecule has 1 amide bonds. The lowest BCUT2D eigenvalue weighted by molar-refractivity contribution is -0.159. The molecular formula is C26H39NO8. The van der Waals surface area contributed by atoms with Crippen LogP contribution in [0.15, 0.2) is 12.1 Å². The molecule has 0 aliphatic carbocycles. The van der Waals surface area contributed by atoms with E-state index in [1.165, 1.54) is 6.92 Å². The Hall–Kier alpha value is -3.10. The number of nitrogens with one attached hydrogen (secondary N) is 1. The van der Waals surface area contributed by atoms with E-state index in [0.29, 0.717) is 11.5 Å². The summed E-state index contributed by atoms with van der Waals surface area (Å²) in [6, 6.07) is 2.55. The molecular weight excluding hydrogens is 454 g/mol. The van der Waals surface area contributed by atoms with E-state index in [0.717, 1.165) is 25.3 Å². The topological polar surface area (TPSA) is 117 Å². The zero-order valence-corrected chi connectivity index (χ0v) is 22.5. The Labute approximate surface area is 207 Å². The van der Waals surface area contributed by atoms with E-state index < -0.39 is 46.6 Å². The number of esters is 3. The molecule has 1 rings (SSSR count).